The van der Waals surface area contributed by atoms with Crippen molar-refractivity contribution in [3.63, 3.8) is 0 Å². The van der Waals surface area contributed by atoms with Gasteiger partial charge in [0.2, 0.25) is 0 Å². The molecule has 4 fully saturated rings. The van der Waals surface area contributed by atoms with Gasteiger partial charge in [0.25, 0.3) is 5.91 Å². The summed E-state index contributed by atoms with van der Waals surface area (Å²) in [4.78, 5) is 12.9. The Bertz CT molecular complexity index is 930. The van der Waals surface area contributed by atoms with Crippen molar-refractivity contribution in [2.24, 2.45) is 17.8 Å². The molecule has 1 aromatic carbocycles. The topological polar surface area (TPSA) is 42.2 Å². The van der Waals surface area contributed by atoms with E-state index in [0.717, 1.165) is 31.4 Å². The molecule has 1 heterocycles. The molecule has 0 spiro atoms. The summed E-state index contributed by atoms with van der Waals surface area (Å²) < 4.78 is 44.7. The second kappa shape index (κ2) is 6.53. The lowest BCUT2D eigenvalue weighted by molar-refractivity contribution is -0.137. The Morgan fingerprint density at radius 3 is 2.24 bits per heavy atom. The van der Waals surface area contributed by atoms with Crippen LogP contribution in [0.2, 0.25) is 5.02 Å². The Kier molecular flexibility index (Phi) is 4.28. The van der Waals surface area contributed by atoms with Crippen LogP contribution in [0.15, 0.2) is 34.7 Å². The molecule has 154 valence electrons. The van der Waals surface area contributed by atoms with Crippen molar-refractivity contribution in [1.82, 2.24) is 5.32 Å². The van der Waals surface area contributed by atoms with Crippen molar-refractivity contribution < 1.29 is 22.4 Å². The van der Waals surface area contributed by atoms with E-state index in [-0.39, 0.29) is 33.6 Å². The van der Waals surface area contributed by atoms with E-state index >= 15 is 0 Å². The summed E-state index contributed by atoms with van der Waals surface area (Å²) in [6, 6.07) is 6.06. The normalized spacial score (nSPS) is 30.6. The monoisotopic (exact) mass is 423 g/mol. The highest BCUT2D eigenvalue weighted by molar-refractivity contribution is 6.33. The Balaban J connectivity index is 1.37. The molecule has 0 aliphatic heterocycles. The van der Waals surface area contributed by atoms with Gasteiger partial charge in [-0.1, -0.05) is 11.6 Å². The minimum absolute atomic E-state index is 0.101. The zero-order valence-electron chi connectivity index (χ0n) is 15.7. The lowest BCUT2D eigenvalue weighted by atomic mass is 9.53. The zero-order valence-corrected chi connectivity index (χ0v) is 16.4. The maximum Gasteiger partial charge on any atom is 0.416 e. The number of furan rings is 1. The number of nitrogens with one attached hydrogen (secondary N) is 1. The smallest absolute Gasteiger partial charge is 0.416 e. The average Bonchev–Trinajstić information content (AvgIpc) is 3.09. The van der Waals surface area contributed by atoms with Gasteiger partial charge in [0.1, 0.15) is 5.76 Å². The van der Waals surface area contributed by atoms with Gasteiger partial charge < -0.3 is 9.73 Å². The largest absolute Gasteiger partial charge is 0.451 e. The maximum atomic E-state index is 13.0. The first-order chi connectivity index (χ1) is 13.7. The summed E-state index contributed by atoms with van der Waals surface area (Å²) in [5.41, 5.74) is -0.852. The molecule has 4 saturated carbocycles. The molecule has 0 atom stereocenters. The van der Waals surface area contributed by atoms with Crippen molar-refractivity contribution >= 4 is 17.5 Å². The first-order valence-corrected chi connectivity index (χ1v) is 10.4. The fourth-order valence-electron chi connectivity index (χ4n) is 6.06. The van der Waals surface area contributed by atoms with Crippen LogP contribution in [0.5, 0.6) is 0 Å². The molecule has 0 unspecified atom stereocenters. The third kappa shape index (κ3) is 3.45. The third-order valence-corrected chi connectivity index (χ3v) is 7.14. The summed E-state index contributed by atoms with van der Waals surface area (Å²) in [5.74, 6) is 2.02. The van der Waals surface area contributed by atoms with Crippen LogP contribution in [0, 0.1) is 17.8 Å². The Morgan fingerprint density at radius 2 is 1.66 bits per heavy atom. The highest BCUT2D eigenvalue weighted by Gasteiger charge is 2.51. The number of halogens is 4. The second-order valence-corrected chi connectivity index (χ2v) is 9.42. The van der Waals surface area contributed by atoms with E-state index in [0.29, 0.717) is 17.8 Å². The van der Waals surface area contributed by atoms with Gasteiger partial charge in [-0.2, -0.15) is 13.2 Å². The molecule has 0 radical (unpaired) electrons. The third-order valence-electron chi connectivity index (χ3n) is 6.81. The lowest BCUT2D eigenvalue weighted by Gasteiger charge is -2.56. The van der Waals surface area contributed by atoms with Gasteiger partial charge in [-0.3, -0.25) is 4.79 Å². The van der Waals surface area contributed by atoms with E-state index in [9.17, 15) is 18.0 Å². The fraction of sp³-hybridized carbons (Fsp3) is 0.500. The average molecular weight is 424 g/mol. The first kappa shape index (κ1) is 19.0. The van der Waals surface area contributed by atoms with Crippen molar-refractivity contribution in [1.29, 1.82) is 0 Å². The SMILES string of the molecule is O=C(NC12CC3CC(CC(C3)C1)C2)c1ccc(-c2cc(C(F)(F)F)ccc2Cl)o1. The quantitative estimate of drug-likeness (QED) is 0.627. The minimum atomic E-state index is -4.48. The van der Waals surface area contributed by atoms with Gasteiger partial charge in [-0.15, -0.1) is 0 Å². The standard InChI is InChI=1S/C22H21ClF3NO2/c23-17-2-1-15(22(24,25)26)8-16(17)18-3-4-19(29-18)20(28)27-21-9-12-5-13(10-21)7-14(6-12)11-21/h1-4,8,12-14H,5-7,9-11H2,(H,27,28). The van der Waals surface area contributed by atoms with E-state index in [1.165, 1.54) is 37.5 Å². The highest BCUT2D eigenvalue weighted by Crippen LogP contribution is 2.55. The molecule has 2 aromatic rings. The van der Waals surface area contributed by atoms with Crippen molar-refractivity contribution in [2.75, 3.05) is 0 Å². The predicted octanol–water partition coefficient (Wildman–Crippen LogP) is 6.32. The number of hydrogen-bond acceptors (Lipinski definition) is 2. The van der Waals surface area contributed by atoms with Crippen LogP contribution < -0.4 is 5.32 Å². The van der Waals surface area contributed by atoms with Crippen molar-refractivity contribution in [2.45, 2.75) is 50.2 Å². The van der Waals surface area contributed by atoms with Crippen LogP contribution in [0.4, 0.5) is 13.2 Å². The fourth-order valence-corrected chi connectivity index (χ4v) is 6.27. The van der Waals surface area contributed by atoms with E-state index in [1.807, 2.05) is 0 Å². The molecule has 4 aliphatic carbocycles. The Labute approximate surface area is 171 Å². The van der Waals surface area contributed by atoms with E-state index in [2.05, 4.69) is 5.32 Å². The zero-order chi connectivity index (χ0) is 20.4. The summed E-state index contributed by atoms with van der Waals surface area (Å²) >= 11 is 6.09. The molecule has 6 rings (SSSR count). The number of hydrogen-bond donors (Lipinski definition) is 1. The summed E-state index contributed by atoms with van der Waals surface area (Å²) in [6.45, 7) is 0. The van der Waals surface area contributed by atoms with E-state index in [4.69, 9.17) is 16.0 Å². The number of amides is 1. The molecule has 1 amide bonds. The molecule has 0 saturated heterocycles. The van der Waals surface area contributed by atoms with Gasteiger partial charge in [0.15, 0.2) is 5.76 Å². The summed E-state index contributed by atoms with van der Waals surface area (Å²) in [7, 11) is 0. The molecule has 7 heteroatoms. The van der Waals surface area contributed by atoms with Gasteiger partial charge in [0.05, 0.1) is 10.6 Å². The number of rotatable bonds is 3. The number of carbonyl (C=O) groups excluding carboxylic acids is 1. The number of alkyl halides is 3. The van der Waals surface area contributed by atoms with E-state index in [1.54, 1.807) is 0 Å². The Hall–Kier alpha value is -1.95. The van der Waals surface area contributed by atoms with E-state index < -0.39 is 11.7 Å². The number of carbonyl (C=O) groups is 1. The first-order valence-electron chi connectivity index (χ1n) is 10.0. The van der Waals surface area contributed by atoms with Crippen LogP contribution in [-0.4, -0.2) is 11.4 Å². The van der Waals surface area contributed by atoms with Crippen molar-refractivity contribution in [3.8, 4) is 11.3 Å². The van der Waals surface area contributed by atoms with Crippen LogP contribution in [0.3, 0.4) is 0 Å². The predicted molar refractivity (Wildman–Crippen MR) is 103 cm³/mol. The van der Waals surface area contributed by atoms with Crippen LogP contribution >= 0.6 is 11.6 Å². The van der Waals surface area contributed by atoms with Crippen molar-refractivity contribution in [3.05, 3.63) is 46.7 Å². The molecular formula is C22H21ClF3NO2. The van der Waals surface area contributed by atoms with Gasteiger partial charge in [-0.25, -0.2) is 0 Å². The summed E-state index contributed by atoms with van der Waals surface area (Å²) in [5, 5.41) is 3.35. The van der Waals surface area contributed by atoms with Gasteiger partial charge in [0, 0.05) is 11.1 Å². The minimum Gasteiger partial charge on any atom is -0.451 e. The Morgan fingerprint density at radius 1 is 1.03 bits per heavy atom. The molecule has 1 N–H and O–H groups in total. The highest BCUT2D eigenvalue weighted by atomic mass is 35.5. The van der Waals surface area contributed by atoms with Gasteiger partial charge in [-0.05, 0) is 86.6 Å². The number of benzene rings is 1. The maximum absolute atomic E-state index is 13.0. The molecule has 3 nitrogen and oxygen atoms in total. The van der Waals surface area contributed by atoms with Crippen LogP contribution in [0.25, 0.3) is 11.3 Å². The molecule has 4 bridgehead atoms. The molecule has 4 aliphatic rings. The molecule has 29 heavy (non-hydrogen) atoms. The second-order valence-electron chi connectivity index (χ2n) is 9.01. The molecule has 1 aromatic heterocycles. The van der Waals surface area contributed by atoms with Crippen LogP contribution in [-0.2, 0) is 6.18 Å². The van der Waals surface area contributed by atoms with Crippen LogP contribution in [0.1, 0.15) is 54.6 Å². The van der Waals surface area contributed by atoms with Gasteiger partial charge >= 0.3 is 6.18 Å². The molecular weight excluding hydrogens is 403 g/mol. The summed E-state index contributed by atoms with van der Waals surface area (Å²) in [6.07, 6.45) is 2.37. The lowest BCUT2D eigenvalue weighted by Crippen LogP contribution is -2.59.